The molecule has 3 unspecified atom stereocenters. The fourth-order valence-electron chi connectivity index (χ4n) is 4.01. The number of fused-ring (bicyclic) bond motifs is 2. The summed E-state index contributed by atoms with van der Waals surface area (Å²) in [7, 11) is 0. The lowest BCUT2D eigenvalue weighted by atomic mass is 9.61. The zero-order chi connectivity index (χ0) is 12.2. The first kappa shape index (κ1) is 11.9. The van der Waals surface area contributed by atoms with Gasteiger partial charge in [0.15, 0.2) is 0 Å². The fraction of sp³-hybridized carbons (Fsp3) is 0.929. The highest BCUT2D eigenvalue weighted by Crippen LogP contribution is 2.69. The number of esters is 1. The van der Waals surface area contributed by atoms with E-state index in [2.05, 4.69) is 27.7 Å². The van der Waals surface area contributed by atoms with Gasteiger partial charge < -0.3 is 4.74 Å². The summed E-state index contributed by atoms with van der Waals surface area (Å²) in [5, 5.41) is 0. The molecule has 0 aromatic heterocycles. The summed E-state index contributed by atoms with van der Waals surface area (Å²) in [6.45, 7) is 10.9. The number of carbonyl (C=O) groups excluding carboxylic acids is 1. The van der Waals surface area contributed by atoms with Gasteiger partial charge in [0.2, 0.25) is 0 Å². The predicted octanol–water partition coefficient (Wildman–Crippen LogP) is 3.54. The van der Waals surface area contributed by atoms with E-state index in [1.54, 1.807) is 0 Å². The standard InChI is InChI=1S/C14H24O2/c1-6-11(15)16-14(5)12(2,3)10-7-8-13(14,4)9-10/h10H,6-9H2,1-5H3. The van der Waals surface area contributed by atoms with E-state index < -0.39 is 0 Å². The largest absolute Gasteiger partial charge is 0.458 e. The third-order valence-corrected chi connectivity index (χ3v) is 5.75. The van der Waals surface area contributed by atoms with Crippen LogP contribution in [0.2, 0.25) is 0 Å². The number of hydrogen-bond acceptors (Lipinski definition) is 2. The van der Waals surface area contributed by atoms with Gasteiger partial charge >= 0.3 is 5.97 Å². The first-order valence-corrected chi connectivity index (χ1v) is 6.49. The van der Waals surface area contributed by atoms with Crippen molar-refractivity contribution in [2.24, 2.45) is 16.7 Å². The first-order valence-electron chi connectivity index (χ1n) is 6.49. The Morgan fingerprint density at radius 1 is 1.31 bits per heavy atom. The van der Waals surface area contributed by atoms with Gasteiger partial charge in [-0.05, 0) is 32.1 Å². The van der Waals surface area contributed by atoms with Crippen LogP contribution in [0.3, 0.4) is 0 Å². The van der Waals surface area contributed by atoms with Crippen LogP contribution in [0.4, 0.5) is 0 Å². The molecule has 0 spiro atoms. The van der Waals surface area contributed by atoms with Crippen molar-refractivity contribution in [1.82, 2.24) is 0 Å². The van der Waals surface area contributed by atoms with Gasteiger partial charge in [-0.2, -0.15) is 0 Å². The minimum atomic E-state index is -0.282. The molecule has 0 aromatic carbocycles. The van der Waals surface area contributed by atoms with Gasteiger partial charge in [0.1, 0.15) is 5.60 Å². The quantitative estimate of drug-likeness (QED) is 0.671. The molecule has 2 heteroatoms. The highest BCUT2D eigenvalue weighted by Gasteiger charge is 2.68. The summed E-state index contributed by atoms with van der Waals surface area (Å²) < 4.78 is 5.86. The molecule has 0 heterocycles. The van der Waals surface area contributed by atoms with Crippen LogP contribution in [0.15, 0.2) is 0 Å². The number of rotatable bonds is 2. The van der Waals surface area contributed by atoms with Crippen molar-refractivity contribution in [3.05, 3.63) is 0 Å². The zero-order valence-electron chi connectivity index (χ0n) is 11.2. The number of hydrogen-bond donors (Lipinski definition) is 0. The molecule has 2 rings (SSSR count). The van der Waals surface area contributed by atoms with Gasteiger partial charge in [-0.1, -0.05) is 27.7 Å². The number of carbonyl (C=O) groups is 1. The maximum atomic E-state index is 11.7. The van der Waals surface area contributed by atoms with E-state index in [4.69, 9.17) is 4.74 Å². The van der Waals surface area contributed by atoms with Crippen molar-refractivity contribution < 1.29 is 9.53 Å². The second kappa shape index (κ2) is 3.24. The van der Waals surface area contributed by atoms with Crippen LogP contribution in [-0.4, -0.2) is 11.6 Å². The molecule has 0 saturated heterocycles. The van der Waals surface area contributed by atoms with Crippen molar-refractivity contribution >= 4 is 5.97 Å². The van der Waals surface area contributed by atoms with Crippen molar-refractivity contribution in [2.45, 2.75) is 65.9 Å². The molecule has 0 aromatic rings. The Balaban J connectivity index is 2.34. The number of ether oxygens (including phenoxy) is 1. The average Bonchev–Trinajstić information content (AvgIpc) is 2.66. The van der Waals surface area contributed by atoms with Gasteiger partial charge in [0.25, 0.3) is 0 Å². The summed E-state index contributed by atoms with van der Waals surface area (Å²) in [6, 6.07) is 0. The van der Waals surface area contributed by atoms with Gasteiger partial charge in [-0.25, -0.2) is 0 Å². The molecule has 0 radical (unpaired) electrons. The lowest BCUT2D eigenvalue weighted by Crippen LogP contribution is -2.54. The molecule has 2 bridgehead atoms. The maximum absolute atomic E-state index is 11.7. The monoisotopic (exact) mass is 224 g/mol. The van der Waals surface area contributed by atoms with Crippen LogP contribution < -0.4 is 0 Å². The van der Waals surface area contributed by atoms with E-state index in [1.807, 2.05) is 6.92 Å². The average molecular weight is 224 g/mol. The van der Waals surface area contributed by atoms with Crippen LogP contribution in [0.5, 0.6) is 0 Å². The van der Waals surface area contributed by atoms with E-state index >= 15 is 0 Å². The van der Waals surface area contributed by atoms with Crippen molar-refractivity contribution in [3.8, 4) is 0 Å². The van der Waals surface area contributed by atoms with Crippen molar-refractivity contribution in [3.63, 3.8) is 0 Å². The Kier molecular flexibility index (Phi) is 2.42. The fourth-order valence-corrected chi connectivity index (χ4v) is 4.01. The topological polar surface area (TPSA) is 26.3 Å². The minimum Gasteiger partial charge on any atom is -0.458 e. The molecule has 3 atom stereocenters. The van der Waals surface area contributed by atoms with Gasteiger partial charge in [0, 0.05) is 17.3 Å². The molecule has 2 fully saturated rings. The third-order valence-electron chi connectivity index (χ3n) is 5.75. The summed E-state index contributed by atoms with van der Waals surface area (Å²) in [4.78, 5) is 11.7. The molecule has 0 N–H and O–H groups in total. The molecule has 92 valence electrons. The van der Waals surface area contributed by atoms with Crippen LogP contribution in [0.1, 0.15) is 60.3 Å². The van der Waals surface area contributed by atoms with E-state index in [1.165, 1.54) is 19.3 Å². The van der Waals surface area contributed by atoms with Crippen LogP contribution >= 0.6 is 0 Å². The Morgan fingerprint density at radius 3 is 2.38 bits per heavy atom. The zero-order valence-corrected chi connectivity index (χ0v) is 11.2. The molecular weight excluding hydrogens is 200 g/mol. The van der Waals surface area contributed by atoms with E-state index in [-0.39, 0.29) is 22.4 Å². The molecule has 2 aliphatic rings. The van der Waals surface area contributed by atoms with Crippen molar-refractivity contribution in [1.29, 1.82) is 0 Å². The predicted molar refractivity (Wildman–Crippen MR) is 64.0 cm³/mol. The van der Waals surface area contributed by atoms with E-state index in [0.29, 0.717) is 12.3 Å². The lowest BCUT2D eigenvalue weighted by Gasteiger charge is -2.51. The molecule has 2 saturated carbocycles. The molecule has 0 aliphatic heterocycles. The van der Waals surface area contributed by atoms with Crippen LogP contribution in [0, 0.1) is 16.7 Å². The Bertz CT molecular complexity index is 314. The SMILES string of the molecule is CCC(=O)OC1(C)C2(C)CCC(C2)C1(C)C. The molecule has 2 aliphatic carbocycles. The highest BCUT2D eigenvalue weighted by atomic mass is 16.6. The molecule has 16 heavy (non-hydrogen) atoms. The normalized spacial score (nSPS) is 44.7. The van der Waals surface area contributed by atoms with E-state index in [9.17, 15) is 4.79 Å². The maximum Gasteiger partial charge on any atom is 0.306 e. The summed E-state index contributed by atoms with van der Waals surface area (Å²) in [5.41, 5.74) is 0.0207. The smallest absolute Gasteiger partial charge is 0.306 e. The second-order valence-electron chi connectivity index (χ2n) is 6.58. The summed E-state index contributed by atoms with van der Waals surface area (Å²) in [5.74, 6) is 0.663. The second-order valence-corrected chi connectivity index (χ2v) is 6.58. The van der Waals surface area contributed by atoms with Gasteiger partial charge in [-0.15, -0.1) is 0 Å². The lowest BCUT2D eigenvalue weighted by molar-refractivity contribution is -0.192. The summed E-state index contributed by atoms with van der Waals surface area (Å²) in [6.07, 6.45) is 4.19. The van der Waals surface area contributed by atoms with Crippen LogP contribution in [-0.2, 0) is 9.53 Å². The van der Waals surface area contributed by atoms with Gasteiger partial charge in [0.05, 0.1) is 0 Å². The molecule has 0 amide bonds. The third kappa shape index (κ3) is 1.22. The van der Waals surface area contributed by atoms with Crippen molar-refractivity contribution in [2.75, 3.05) is 0 Å². The minimum absolute atomic E-state index is 0.0515. The van der Waals surface area contributed by atoms with E-state index in [0.717, 1.165) is 0 Å². The molecule has 2 nitrogen and oxygen atoms in total. The highest BCUT2D eigenvalue weighted by molar-refractivity contribution is 5.69. The Morgan fingerprint density at radius 2 is 1.94 bits per heavy atom. The van der Waals surface area contributed by atoms with Gasteiger partial charge in [-0.3, -0.25) is 4.79 Å². The Labute approximate surface area is 98.7 Å². The first-order chi connectivity index (χ1) is 7.27. The van der Waals surface area contributed by atoms with Crippen LogP contribution in [0.25, 0.3) is 0 Å². The molecular formula is C14H24O2. The summed E-state index contributed by atoms with van der Waals surface area (Å²) >= 11 is 0. The Hall–Kier alpha value is -0.530.